The summed E-state index contributed by atoms with van der Waals surface area (Å²) in [6, 6.07) is 10.1. The summed E-state index contributed by atoms with van der Waals surface area (Å²) in [6.07, 6.45) is 1.20. The summed E-state index contributed by atoms with van der Waals surface area (Å²) in [5.74, 6) is -2.15. The largest absolute Gasteiger partial charge is 0.249 e. The minimum Gasteiger partial charge on any atom is -0.239 e. The fraction of sp³-hybridized carbons (Fsp3) is 0.235. The molecule has 0 amide bonds. The molecule has 0 radical (unpaired) electrons. The third-order valence-corrected chi connectivity index (χ3v) is 7.38. The highest BCUT2D eigenvalue weighted by Crippen LogP contribution is 2.40. The lowest BCUT2D eigenvalue weighted by Crippen LogP contribution is -2.32. The standard InChI is InChI=1S/C17H14F2N2O2S2/c18-11-5-3-6-12(19)16(11)25(22,23)21-10-4-8-14(21)17-20-13-7-1-2-9-15(13)24-17/h1-3,5-7,9,14H,4,8,10H2. The van der Waals surface area contributed by atoms with E-state index in [1.807, 2.05) is 24.3 Å². The van der Waals surface area contributed by atoms with Crippen LogP contribution in [0.15, 0.2) is 47.4 Å². The first-order chi connectivity index (χ1) is 12.0. The molecule has 1 aromatic heterocycles. The van der Waals surface area contributed by atoms with Crippen molar-refractivity contribution in [3.63, 3.8) is 0 Å². The summed E-state index contributed by atoms with van der Waals surface area (Å²) in [7, 11) is -4.28. The number of hydrogen-bond donors (Lipinski definition) is 0. The second kappa shape index (κ2) is 6.12. The Morgan fingerprint density at radius 1 is 1.08 bits per heavy atom. The molecule has 0 spiro atoms. The van der Waals surface area contributed by atoms with Crippen LogP contribution < -0.4 is 0 Å². The van der Waals surface area contributed by atoms with Gasteiger partial charge in [-0.05, 0) is 37.1 Å². The number of hydrogen-bond acceptors (Lipinski definition) is 4. The number of rotatable bonds is 3. The Balaban J connectivity index is 1.78. The van der Waals surface area contributed by atoms with Crippen LogP contribution in [0.4, 0.5) is 8.78 Å². The van der Waals surface area contributed by atoms with Crippen LogP contribution in [-0.4, -0.2) is 24.3 Å². The van der Waals surface area contributed by atoms with Gasteiger partial charge < -0.3 is 0 Å². The minimum atomic E-state index is -4.28. The second-order valence-corrected chi connectivity index (χ2v) is 8.73. The molecule has 1 aliphatic rings. The normalized spacial score (nSPS) is 18.9. The van der Waals surface area contributed by atoms with Crippen molar-refractivity contribution in [2.24, 2.45) is 0 Å². The summed E-state index contributed by atoms with van der Waals surface area (Å²) in [4.78, 5) is 3.64. The summed E-state index contributed by atoms with van der Waals surface area (Å²) < 4.78 is 56.0. The van der Waals surface area contributed by atoms with Crippen LogP contribution in [0.5, 0.6) is 0 Å². The van der Waals surface area contributed by atoms with Crippen molar-refractivity contribution < 1.29 is 17.2 Å². The van der Waals surface area contributed by atoms with Gasteiger partial charge in [-0.15, -0.1) is 11.3 Å². The number of halogens is 2. The molecular formula is C17H14F2N2O2S2. The van der Waals surface area contributed by atoms with Crippen LogP contribution in [0.2, 0.25) is 0 Å². The molecule has 4 nitrogen and oxygen atoms in total. The fourth-order valence-electron chi connectivity index (χ4n) is 3.15. The van der Waals surface area contributed by atoms with Gasteiger partial charge in [0.2, 0.25) is 10.0 Å². The van der Waals surface area contributed by atoms with E-state index in [2.05, 4.69) is 4.98 Å². The third kappa shape index (κ3) is 2.74. The molecule has 2 aromatic carbocycles. The van der Waals surface area contributed by atoms with Gasteiger partial charge in [-0.25, -0.2) is 22.2 Å². The van der Waals surface area contributed by atoms with E-state index in [1.165, 1.54) is 15.6 Å². The third-order valence-electron chi connectivity index (χ3n) is 4.28. The smallest absolute Gasteiger partial charge is 0.239 e. The molecule has 1 unspecified atom stereocenters. The Hall–Kier alpha value is -1.90. The lowest BCUT2D eigenvalue weighted by molar-refractivity contribution is 0.388. The molecule has 0 saturated carbocycles. The molecular weight excluding hydrogens is 366 g/mol. The Bertz CT molecular complexity index is 996. The molecule has 4 rings (SSSR count). The first-order valence-corrected chi connectivity index (χ1v) is 10.1. The number of aromatic nitrogens is 1. The molecule has 1 atom stereocenters. The number of benzene rings is 2. The van der Waals surface area contributed by atoms with Crippen LogP contribution in [0.3, 0.4) is 0 Å². The van der Waals surface area contributed by atoms with Crippen LogP contribution >= 0.6 is 11.3 Å². The zero-order chi connectivity index (χ0) is 17.6. The number of thiazole rings is 1. The molecule has 0 N–H and O–H groups in total. The van der Waals surface area contributed by atoms with E-state index in [0.29, 0.717) is 17.8 Å². The predicted octanol–water partition coefficient (Wildman–Crippen LogP) is 4.10. The number of nitrogens with zero attached hydrogens (tertiary/aromatic N) is 2. The molecule has 1 aliphatic heterocycles. The summed E-state index contributed by atoms with van der Waals surface area (Å²) in [6.45, 7) is 0.219. The van der Waals surface area contributed by atoms with Gasteiger partial charge in [0.1, 0.15) is 16.6 Å². The highest BCUT2D eigenvalue weighted by atomic mass is 32.2. The maximum atomic E-state index is 14.0. The van der Waals surface area contributed by atoms with Gasteiger partial charge in [-0.1, -0.05) is 18.2 Å². The topological polar surface area (TPSA) is 50.3 Å². The van der Waals surface area contributed by atoms with Crippen LogP contribution in [0.1, 0.15) is 23.9 Å². The summed E-state index contributed by atoms with van der Waals surface area (Å²) in [5.41, 5.74) is 0.795. The monoisotopic (exact) mass is 380 g/mol. The lowest BCUT2D eigenvalue weighted by atomic mass is 10.2. The van der Waals surface area contributed by atoms with Crippen LogP contribution in [0.25, 0.3) is 10.2 Å². The first kappa shape index (κ1) is 16.6. The Labute approximate surface area is 147 Å². The van der Waals surface area contributed by atoms with E-state index in [9.17, 15) is 17.2 Å². The molecule has 1 fully saturated rings. The Kier molecular flexibility index (Phi) is 4.05. The van der Waals surface area contributed by atoms with Gasteiger partial charge in [0.25, 0.3) is 0 Å². The molecule has 2 heterocycles. The molecule has 3 aromatic rings. The SMILES string of the molecule is O=S(=O)(c1c(F)cccc1F)N1CCCC1c1nc2ccccc2s1. The number of para-hydroxylation sites is 1. The highest BCUT2D eigenvalue weighted by molar-refractivity contribution is 7.89. The van der Waals surface area contributed by atoms with E-state index in [4.69, 9.17) is 0 Å². The van der Waals surface area contributed by atoms with Gasteiger partial charge in [-0.2, -0.15) is 4.31 Å². The zero-order valence-corrected chi connectivity index (χ0v) is 14.7. The average Bonchev–Trinajstić information content (AvgIpc) is 3.21. The Morgan fingerprint density at radius 3 is 2.52 bits per heavy atom. The van der Waals surface area contributed by atoms with Crippen molar-refractivity contribution in [3.05, 3.63) is 59.1 Å². The van der Waals surface area contributed by atoms with Gasteiger partial charge in [0.05, 0.1) is 16.3 Å². The van der Waals surface area contributed by atoms with Crippen molar-refractivity contribution in [2.75, 3.05) is 6.54 Å². The molecule has 1 saturated heterocycles. The summed E-state index contributed by atoms with van der Waals surface area (Å²) in [5, 5.41) is 0.652. The maximum absolute atomic E-state index is 14.0. The van der Waals surface area contributed by atoms with E-state index in [1.54, 1.807) is 0 Å². The van der Waals surface area contributed by atoms with Gasteiger partial charge in [-0.3, -0.25) is 0 Å². The zero-order valence-electron chi connectivity index (χ0n) is 13.0. The highest BCUT2D eigenvalue weighted by Gasteiger charge is 2.40. The van der Waals surface area contributed by atoms with Crippen molar-refractivity contribution in [3.8, 4) is 0 Å². The van der Waals surface area contributed by atoms with Gasteiger partial charge >= 0.3 is 0 Å². The van der Waals surface area contributed by atoms with Crippen molar-refractivity contribution in [2.45, 2.75) is 23.8 Å². The second-order valence-electron chi connectivity index (χ2n) is 5.84. The average molecular weight is 380 g/mol. The molecule has 25 heavy (non-hydrogen) atoms. The maximum Gasteiger partial charge on any atom is 0.249 e. The summed E-state index contributed by atoms with van der Waals surface area (Å²) >= 11 is 1.41. The fourth-order valence-corrected chi connectivity index (χ4v) is 6.11. The predicted molar refractivity (Wildman–Crippen MR) is 91.8 cm³/mol. The van der Waals surface area contributed by atoms with E-state index in [0.717, 1.165) is 28.4 Å². The van der Waals surface area contributed by atoms with E-state index in [-0.39, 0.29) is 6.54 Å². The van der Waals surface area contributed by atoms with Gasteiger partial charge in [0.15, 0.2) is 4.90 Å². The van der Waals surface area contributed by atoms with Crippen molar-refractivity contribution >= 4 is 31.6 Å². The number of fused-ring (bicyclic) bond motifs is 1. The molecule has 8 heteroatoms. The molecule has 0 aliphatic carbocycles. The lowest BCUT2D eigenvalue weighted by Gasteiger charge is -2.23. The minimum absolute atomic E-state index is 0.219. The first-order valence-electron chi connectivity index (χ1n) is 7.80. The molecule has 130 valence electrons. The van der Waals surface area contributed by atoms with Crippen LogP contribution in [-0.2, 0) is 10.0 Å². The van der Waals surface area contributed by atoms with E-state index >= 15 is 0 Å². The van der Waals surface area contributed by atoms with Crippen molar-refractivity contribution in [1.82, 2.24) is 9.29 Å². The van der Waals surface area contributed by atoms with Crippen molar-refractivity contribution in [1.29, 1.82) is 0 Å². The van der Waals surface area contributed by atoms with Gasteiger partial charge in [0, 0.05) is 6.54 Å². The number of sulfonamides is 1. The quantitative estimate of drug-likeness (QED) is 0.687. The van der Waals surface area contributed by atoms with E-state index < -0.39 is 32.6 Å². The van der Waals surface area contributed by atoms with Crippen LogP contribution in [0, 0.1) is 11.6 Å². The molecule has 0 bridgehead atoms. The Morgan fingerprint density at radius 2 is 1.80 bits per heavy atom.